The highest BCUT2D eigenvalue weighted by Gasteiger charge is 2.52. The van der Waals surface area contributed by atoms with Crippen molar-refractivity contribution in [3.8, 4) is 5.75 Å². The van der Waals surface area contributed by atoms with Crippen molar-refractivity contribution in [3.05, 3.63) is 64.1 Å². The van der Waals surface area contributed by atoms with Crippen molar-refractivity contribution in [2.75, 3.05) is 7.11 Å². The predicted octanol–water partition coefficient (Wildman–Crippen LogP) is 4.22. The second-order valence-electron chi connectivity index (χ2n) is 7.70. The van der Waals surface area contributed by atoms with E-state index >= 15 is 0 Å². The Labute approximate surface area is 179 Å². The number of carbonyl (C=O) groups is 2. The molecule has 4 rings (SSSR count). The van der Waals surface area contributed by atoms with E-state index in [-0.39, 0.29) is 23.8 Å². The molecule has 1 aliphatic heterocycles. The number of fused-ring (bicyclic) bond motifs is 1. The number of likely N-dealkylation sites (tertiary alicyclic amines) is 1. The zero-order chi connectivity index (χ0) is 20.4. The van der Waals surface area contributed by atoms with Crippen LogP contribution in [0.25, 0.3) is 0 Å². The lowest BCUT2D eigenvalue weighted by molar-refractivity contribution is -0.168. The molecule has 1 saturated carbocycles. The lowest BCUT2D eigenvalue weighted by atomic mass is 9.74. The zero-order valence-corrected chi connectivity index (χ0v) is 18.0. The molecule has 152 valence electrons. The van der Waals surface area contributed by atoms with E-state index in [4.69, 9.17) is 4.74 Å². The number of hydrogen-bond donors (Lipinski definition) is 1. The Morgan fingerprint density at radius 1 is 1.21 bits per heavy atom. The van der Waals surface area contributed by atoms with Gasteiger partial charge >= 0.3 is 0 Å². The van der Waals surface area contributed by atoms with E-state index in [1.807, 2.05) is 48.5 Å². The molecule has 29 heavy (non-hydrogen) atoms. The van der Waals surface area contributed by atoms with E-state index < -0.39 is 6.04 Å². The third kappa shape index (κ3) is 3.90. The SMILES string of the molecule is COc1ccc(C(C(=O)NCc2ccccc2)N2C(=O)[C@@H]3CCCC[C@@H]32)cc1Br. The maximum Gasteiger partial charge on any atom is 0.247 e. The van der Waals surface area contributed by atoms with Gasteiger partial charge in [0, 0.05) is 12.6 Å². The smallest absolute Gasteiger partial charge is 0.247 e. The molecular formula is C23H25BrN2O3. The van der Waals surface area contributed by atoms with Gasteiger partial charge in [0.25, 0.3) is 0 Å². The maximum absolute atomic E-state index is 13.3. The zero-order valence-electron chi connectivity index (χ0n) is 16.4. The number of benzene rings is 2. The highest BCUT2D eigenvalue weighted by molar-refractivity contribution is 9.10. The molecule has 2 amide bonds. The number of nitrogens with one attached hydrogen (secondary N) is 1. The summed E-state index contributed by atoms with van der Waals surface area (Å²) in [6.45, 7) is 0.434. The number of halogens is 1. The van der Waals surface area contributed by atoms with Crippen LogP contribution in [0.1, 0.15) is 42.9 Å². The van der Waals surface area contributed by atoms with Crippen LogP contribution >= 0.6 is 15.9 Å². The van der Waals surface area contributed by atoms with Gasteiger partial charge in [-0.05, 0) is 52.0 Å². The minimum atomic E-state index is -0.632. The molecule has 0 bridgehead atoms. The lowest BCUT2D eigenvalue weighted by Crippen LogP contribution is -2.64. The fourth-order valence-electron chi connectivity index (χ4n) is 4.50. The first-order valence-corrected chi connectivity index (χ1v) is 10.9. The first kappa shape index (κ1) is 20.0. The monoisotopic (exact) mass is 456 g/mol. The van der Waals surface area contributed by atoms with E-state index in [2.05, 4.69) is 21.2 Å². The van der Waals surface area contributed by atoms with E-state index in [1.54, 1.807) is 12.0 Å². The van der Waals surface area contributed by atoms with Crippen LogP contribution in [0.5, 0.6) is 5.75 Å². The minimum absolute atomic E-state index is 0.0786. The summed E-state index contributed by atoms with van der Waals surface area (Å²) in [6, 6.07) is 14.9. The van der Waals surface area contributed by atoms with Crippen molar-refractivity contribution in [1.29, 1.82) is 0 Å². The summed E-state index contributed by atoms with van der Waals surface area (Å²) in [5, 5.41) is 3.03. The van der Waals surface area contributed by atoms with Crippen LogP contribution in [0, 0.1) is 5.92 Å². The van der Waals surface area contributed by atoms with Crippen LogP contribution in [0.3, 0.4) is 0 Å². The van der Waals surface area contributed by atoms with Crippen molar-refractivity contribution in [2.24, 2.45) is 5.92 Å². The van der Waals surface area contributed by atoms with Crippen LogP contribution in [0.2, 0.25) is 0 Å². The molecule has 2 fully saturated rings. The number of carbonyl (C=O) groups excluding carboxylic acids is 2. The van der Waals surface area contributed by atoms with E-state index in [0.29, 0.717) is 12.3 Å². The first-order chi connectivity index (χ1) is 14.1. The van der Waals surface area contributed by atoms with Crippen molar-refractivity contribution in [1.82, 2.24) is 10.2 Å². The number of methoxy groups -OCH3 is 1. The lowest BCUT2D eigenvalue weighted by Gasteiger charge is -2.52. The third-order valence-electron chi connectivity index (χ3n) is 5.99. The fourth-order valence-corrected chi connectivity index (χ4v) is 5.05. The molecule has 1 aliphatic carbocycles. The Morgan fingerprint density at radius 3 is 2.69 bits per heavy atom. The van der Waals surface area contributed by atoms with E-state index in [9.17, 15) is 9.59 Å². The number of nitrogens with zero attached hydrogens (tertiary/aromatic N) is 1. The molecule has 2 aliphatic rings. The number of β-lactam (4-membered cyclic amide) rings is 1. The van der Waals surface area contributed by atoms with Crippen LogP contribution in [-0.4, -0.2) is 29.9 Å². The Morgan fingerprint density at radius 2 is 1.97 bits per heavy atom. The number of hydrogen-bond acceptors (Lipinski definition) is 3. The molecule has 3 atom stereocenters. The predicted molar refractivity (Wildman–Crippen MR) is 114 cm³/mol. The van der Waals surface area contributed by atoms with Crippen LogP contribution in [-0.2, 0) is 16.1 Å². The molecule has 1 heterocycles. The number of ether oxygens (including phenoxy) is 1. The summed E-state index contributed by atoms with van der Waals surface area (Å²) in [5.41, 5.74) is 1.82. The second kappa shape index (κ2) is 8.57. The van der Waals surface area contributed by atoms with Gasteiger partial charge in [-0.15, -0.1) is 0 Å². The first-order valence-electron chi connectivity index (χ1n) is 10.1. The Balaban J connectivity index is 1.61. The van der Waals surface area contributed by atoms with Crippen molar-refractivity contribution in [2.45, 2.75) is 44.3 Å². The van der Waals surface area contributed by atoms with Gasteiger partial charge in [-0.1, -0.05) is 49.2 Å². The number of rotatable bonds is 6. The molecule has 2 aromatic carbocycles. The molecule has 1 unspecified atom stereocenters. The highest BCUT2D eigenvalue weighted by Crippen LogP contribution is 2.44. The molecular weight excluding hydrogens is 432 g/mol. The summed E-state index contributed by atoms with van der Waals surface area (Å²) >= 11 is 3.51. The molecule has 2 aromatic rings. The summed E-state index contributed by atoms with van der Waals surface area (Å²) in [7, 11) is 1.61. The Kier molecular flexibility index (Phi) is 5.90. The minimum Gasteiger partial charge on any atom is -0.496 e. The Bertz CT molecular complexity index is 902. The molecule has 1 saturated heterocycles. The molecule has 0 spiro atoms. The summed E-state index contributed by atoms with van der Waals surface area (Å²) in [5.74, 6) is 0.724. The van der Waals surface area contributed by atoms with E-state index in [0.717, 1.165) is 41.3 Å². The molecule has 0 aromatic heterocycles. The standard InChI is InChI=1S/C23H25BrN2O3/c1-29-20-12-11-16(13-18(20)24)21(22(27)25-14-15-7-3-2-4-8-15)26-19-10-6-5-9-17(19)23(26)28/h2-4,7-8,11-13,17,19,21H,5-6,9-10,14H2,1H3,(H,25,27)/t17-,19+,21?/m1/s1. The molecule has 6 heteroatoms. The van der Waals surface area contributed by atoms with Gasteiger partial charge in [0.15, 0.2) is 0 Å². The quantitative estimate of drug-likeness (QED) is 0.662. The second-order valence-corrected chi connectivity index (χ2v) is 8.56. The molecule has 0 radical (unpaired) electrons. The van der Waals surface area contributed by atoms with Crippen LogP contribution < -0.4 is 10.1 Å². The van der Waals surface area contributed by atoms with Gasteiger partial charge in [0.2, 0.25) is 11.8 Å². The van der Waals surface area contributed by atoms with Gasteiger partial charge in [-0.2, -0.15) is 0 Å². The van der Waals surface area contributed by atoms with Crippen LogP contribution in [0.4, 0.5) is 0 Å². The van der Waals surface area contributed by atoms with Gasteiger partial charge in [-0.3, -0.25) is 9.59 Å². The normalized spacial score (nSPS) is 21.7. The topological polar surface area (TPSA) is 58.6 Å². The number of amides is 2. The van der Waals surface area contributed by atoms with Gasteiger partial charge in [0.05, 0.1) is 17.5 Å². The Hall–Kier alpha value is -2.34. The fraction of sp³-hybridized carbons (Fsp3) is 0.391. The molecule has 5 nitrogen and oxygen atoms in total. The van der Waals surface area contributed by atoms with Crippen molar-refractivity contribution >= 4 is 27.7 Å². The van der Waals surface area contributed by atoms with Crippen molar-refractivity contribution in [3.63, 3.8) is 0 Å². The van der Waals surface area contributed by atoms with Gasteiger partial charge in [-0.25, -0.2) is 0 Å². The van der Waals surface area contributed by atoms with Gasteiger partial charge in [0.1, 0.15) is 11.8 Å². The third-order valence-corrected chi connectivity index (χ3v) is 6.61. The average molecular weight is 457 g/mol. The molecule has 1 N–H and O–H groups in total. The van der Waals surface area contributed by atoms with E-state index in [1.165, 1.54) is 0 Å². The maximum atomic E-state index is 13.3. The summed E-state index contributed by atoms with van der Waals surface area (Å²) in [4.78, 5) is 28.0. The average Bonchev–Trinajstić information content (AvgIpc) is 2.76. The largest absolute Gasteiger partial charge is 0.496 e. The highest BCUT2D eigenvalue weighted by atomic mass is 79.9. The summed E-state index contributed by atoms with van der Waals surface area (Å²) < 4.78 is 6.10. The summed E-state index contributed by atoms with van der Waals surface area (Å²) in [6.07, 6.45) is 4.11. The van der Waals surface area contributed by atoms with Crippen molar-refractivity contribution < 1.29 is 14.3 Å². The van der Waals surface area contributed by atoms with Gasteiger partial charge < -0.3 is 15.0 Å². The van der Waals surface area contributed by atoms with Crippen LogP contribution in [0.15, 0.2) is 53.0 Å².